The molecule has 1 saturated heterocycles. The van der Waals surface area contributed by atoms with E-state index in [1.807, 2.05) is 0 Å². The first-order valence-electron chi connectivity index (χ1n) is 5.85. The first kappa shape index (κ1) is 12.0. The molecule has 0 aliphatic carbocycles. The number of hydrogen-bond donors (Lipinski definition) is 1. The lowest BCUT2D eigenvalue weighted by molar-refractivity contribution is 0.132. The summed E-state index contributed by atoms with van der Waals surface area (Å²) in [5, 5.41) is 3.55. The average Bonchev–Trinajstić information content (AvgIpc) is 2.53. The third-order valence-corrected chi connectivity index (χ3v) is 3.59. The minimum Gasteiger partial charge on any atom is -0.313 e. The van der Waals surface area contributed by atoms with Crippen LogP contribution < -0.4 is 5.32 Å². The van der Waals surface area contributed by atoms with Gasteiger partial charge in [-0.1, -0.05) is 20.8 Å². The van der Waals surface area contributed by atoms with Crippen molar-refractivity contribution in [2.24, 2.45) is 5.41 Å². The zero-order valence-corrected chi connectivity index (χ0v) is 10.4. The summed E-state index contributed by atoms with van der Waals surface area (Å²) in [4.78, 5) is 2.49. The van der Waals surface area contributed by atoms with Gasteiger partial charge in [0.15, 0.2) is 0 Å². The highest BCUT2D eigenvalue weighted by molar-refractivity contribution is 4.82. The van der Waals surface area contributed by atoms with Crippen LogP contribution in [0.4, 0.5) is 0 Å². The Hall–Kier alpha value is -0.0800. The van der Waals surface area contributed by atoms with Gasteiger partial charge in [0.2, 0.25) is 0 Å². The molecule has 0 amide bonds. The van der Waals surface area contributed by atoms with E-state index in [0.29, 0.717) is 11.5 Å². The molecule has 1 aliphatic rings. The highest BCUT2D eigenvalue weighted by Crippen LogP contribution is 2.23. The molecular weight excluding hydrogens is 172 g/mol. The molecule has 0 aromatic heterocycles. The number of rotatable bonds is 3. The molecule has 1 N–H and O–H groups in total. The minimum absolute atomic E-state index is 0.382. The fourth-order valence-electron chi connectivity index (χ4n) is 2.08. The summed E-state index contributed by atoms with van der Waals surface area (Å²) in [5.74, 6) is 0. The zero-order valence-electron chi connectivity index (χ0n) is 10.4. The van der Waals surface area contributed by atoms with Gasteiger partial charge in [-0.15, -0.1) is 0 Å². The summed E-state index contributed by atoms with van der Waals surface area (Å²) in [5.41, 5.74) is 0.382. The summed E-state index contributed by atoms with van der Waals surface area (Å²) in [6.45, 7) is 11.7. The molecule has 2 heteroatoms. The van der Waals surface area contributed by atoms with Crippen LogP contribution in [0, 0.1) is 5.41 Å². The van der Waals surface area contributed by atoms with Gasteiger partial charge in [-0.05, 0) is 38.8 Å². The van der Waals surface area contributed by atoms with E-state index in [-0.39, 0.29) is 0 Å². The maximum absolute atomic E-state index is 3.55. The summed E-state index contributed by atoms with van der Waals surface area (Å²) in [7, 11) is 2.25. The molecule has 0 saturated carbocycles. The van der Waals surface area contributed by atoms with Crippen LogP contribution in [0.2, 0.25) is 0 Å². The molecule has 0 aromatic carbocycles. The number of nitrogens with one attached hydrogen (secondary N) is 1. The molecule has 0 bridgehead atoms. The molecule has 1 fully saturated rings. The van der Waals surface area contributed by atoms with Gasteiger partial charge < -0.3 is 10.2 Å². The van der Waals surface area contributed by atoms with Crippen molar-refractivity contribution < 1.29 is 0 Å². The Balaban J connectivity index is 2.36. The van der Waals surface area contributed by atoms with E-state index in [2.05, 4.69) is 45.0 Å². The van der Waals surface area contributed by atoms with Crippen LogP contribution in [0.25, 0.3) is 0 Å². The van der Waals surface area contributed by atoms with E-state index < -0.39 is 0 Å². The predicted octanol–water partition coefficient (Wildman–Crippen LogP) is 2.10. The van der Waals surface area contributed by atoms with Gasteiger partial charge in [0.1, 0.15) is 0 Å². The highest BCUT2D eigenvalue weighted by Gasteiger charge is 2.26. The van der Waals surface area contributed by atoms with E-state index in [9.17, 15) is 0 Å². The molecular formula is C12H26N2. The standard InChI is InChI=1S/C12H26N2/c1-10(12(2,3)4)14(5)9-11-7-6-8-13-11/h10-11,13H,6-9H2,1-5H3/t10?,11-/m1/s1. The number of nitrogens with zero attached hydrogens (tertiary/aromatic N) is 1. The van der Waals surface area contributed by atoms with E-state index in [4.69, 9.17) is 0 Å². The zero-order chi connectivity index (χ0) is 10.8. The average molecular weight is 198 g/mol. The van der Waals surface area contributed by atoms with Crippen LogP contribution in [0.15, 0.2) is 0 Å². The molecule has 2 atom stereocenters. The summed E-state index contributed by atoms with van der Waals surface area (Å²) < 4.78 is 0. The summed E-state index contributed by atoms with van der Waals surface area (Å²) >= 11 is 0. The second kappa shape index (κ2) is 4.63. The first-order chi connectivity index (χ1) is 6.41. The summed E-state index contributed by atoms with van der Waals surface area (Å²) in [6.07, 6.45) is 2.70. The molecule has 1 rings (SSSR count). The largest absolute Gasteiger partial charge is 0.313 e. The van der Waals surface area contributed by atoms with Crippen LogP contribution in [0.3, 0.4) is 0 Å². The maximum atomic E-state index is 3.55. The smallest absolute Gasteiger partial charge is 0.0195 e. The van der Waals surface area contributed by atoms with Gasteiger partial charge in [0, 0.05) is 18.6 Å². The van der Waals surface area contributed by atoms with E-state index in [1.54, 1.807) is 0 Å². The first-order valence-corrected chi connectivity index (χ1v) is 5.85. The Morgan fingerprint density at radius 1 is 1.43 bits per heavy atom. The third-order valence-electron chi connectivity index (χ3n) is 3.59. The lowest BCUT2D eigenvalue weighted by Gasteiger charge is -2.36. The fourth-order valence-corrected chi connectivity index (χ4v) is 2.08. The van der Waals surface area contributed by atoms with Crippen molar-refractivity contribution in [2.75, 3.05) is 20.1 Å². The molecule has 2 nitrogen and oxygen atoms in total. The minimum atomic E-state index is 0.382. The summed E-state index contributed by atoms with van der Waals surface area (Å²) in [6, 6.07) is 1.37. The van der Waals surface area contributed by atoms with E-state index >= 15 is 0 Å². The second-order valence-electron chi connectivity index (χ2n) is 5.77. The molecule has 1 heterocycles. The van der Waals surface area contributed by atoms with Gasteiger partial charge in [-0.25, -0.2) is 0 Å². The van der Waals surface area contributed by atoms with E-state index in [1.165, 1.54) is 25.9 Å². The Labute approximate surface area is 89.1 Å². The van der Waals surface area contributed by atoms with Gasteiger partial charge in [-0.3, -0.25) is 0 Å². The topological polar surface area (TPSA) is 15.3 Å². The van der Waals surface area contributed by atoms with Crippen molar-refractivity contribution >= 4 is 0 Å². The van der Waals surface area contributed by atoms with Crippen molar-refractivity contribution in [2.45, 2.75) is 52.6 Å². The monoisotopic (exact) mass is 198 g/mol. The van der Waals surface area contributed by atoms with Crippen molar-refractivity contribution in [1.29, 1.82) is 0 Å². The lowest BCUT2D eigenvalue weighted by Crippen LogP contribution is -2.45. The Kier molecular flexibility index (Phi) is 3.96. The SMILES string of the molecule is CC(N(C)C[C@H]1CCCN1)C(C)(C)C. The van der Waals surface area contributed by atoms with E-state index in [0.717, 1.165) is 6.04 Å². The van der Waals surface area contributed by atoms with Crippen molar-refractivity contribution in [3.63, 3.8) is 0 Å². The van der Waals surface area contributed by atoms with Crippen molar-refractivity contribution in [3.05, 3.63) is 0 Å². The highest BCUT2D eigenvalue weighted by atomic mass is 15.2. The Morgan fingerprint density at radius 2 is 2.07 bits per heavy atom. The van der Waals surface area contributed by atoms with Crippen LogP contribution in [-0.4, -0.2) is 37.1 Å². The maximum Gasteiger partial charge on any atom is 0.0195 e. The molecule has 14 heavy (non-hydrogen) atoms. The van der Waals surface area contributed by atoms with Gasteiger partial charge >= 0.3 is 0 Å². The van der Waals surface area contributed by atoms with Crippen LogP contribution in [0.1, 0.15) is 40.5 Å². The molecule has 1 aliphatic heterocycles. The second-order valence-corrected chi connectivity index (χ2v) is 5.77. The number of likely N-dealkylation sites (N-methyl/N-ethyl adjacent to an activating group) is 1. The molecule has 0 radical (unpaired) electrons. The fraction of sp³-hybridized carbons (Fsp3) is 1.00. The molecule has 1 unspecified atom stereocenters. The van der Waals surface area contributed by atoms with Crippen molar-refractivity contribution in [1.82, 2.24) is 10.2 Å². The molecule has 0 aromatic rings. The van der Waals surface area contributed by atoms with Crippen LogP contribution >= 0.6 is 0 Å². The number of hydrogen-bond acceptors (Lipinski definition) is 2. The Morgan fingerprint density at radius 3 is 2.50 bits per heavy atom. The quantitative estimate of drug-likeness (QED) is 0.747. The normalized spacial score (nSPS) is 25.7. The lowest BCUT2D eigenvalue weighted by atomic mass is 9.87. The van der Waals surface area contributed by atoms with Crippen LogP contribution in [-0.2, 0) is 0 Å². The van der Waals surface area contributed by atoms with Crippen molar-refractivity contribution in [3.8, 4) is 0 Å². The van der Waals surface area contributed by atoms with Crippen LogP contribution in [0.5, 0.6) is 0 Å². The predicted molar refractivity (Wildman–Crippen MR) is 62.6 cm³/mol. The van der Waals surface area contributed by atoms with Gasteiger partial charge in [-0.2, -0.15) is 0 Å². The third kappa shape index (κ3) is 3.25. The molecule has 0 spiro atoms. The molecule has 84 valence electrons. The van der Waals surface area contributed by atoms with Gasteiger partial charge in [0.05, 0.1) is 0 Å². The van der Waals surface area contributed by atoms with Gasteiger partial charge in [0.25, 0.3) is 0 Å². The Bertz CT molecular complexity index is 166.